The van der Waals surface area contributed by atoms with E-state index in [4.69, 9.17) is 5.11 Å². The van der Waals surface area contributed by atoms with Gasteiger partial charge in [0.15, 0.2) is 5.16 Å². The molecule has 66 valence electrons. The van der Waals surface area contributed by atoms with Gasteiger partial charge >= 0.3 is 5.97 Å². The number of rotatable bonds is 3. The summed E-state index contributed by atoms with van der Waals surface area (Å²) in [4.78, 5) is 10.6. The van der Waals surface area contributed by atoms with Gasteiger partial charge in [0.2, 0.25) is 5.82 Å². The second-order valence-corrected chi connectivity index (χ2v) is 2.83. The molecule has 5 nitrogen and oxygen atoms in total. The topological polar surface area (TPSA) is 68.0 Å². The van der Waals surface area contributed by atoms with Gasteiger partial charge in [-0.2, -0.15) is 0 Å². The largest absolute Gasteiger partial charge is 0.475 e. The van der Waals surface area contributed by atoms with Crippen molar-refractivity contribution in [3.05, 3.63) is 5.82 Å². The monoisotopic (exact) mass is 187 g/mol. The second-order valence-electron chi connectivity index (χ2n) is 2.06. The van der Waals surface area contributed by atoms with Gasteiger partial charge in [-0.25, -0.2) is 4.79 Å². The van der Waals surface area contributed by atoms with Crippen LogP contribution < -0.4 is 0 Å². The smallest absolute Gasteiger partial charge is 0.374 e. The fourth-order valence-electron chi connectivity index (χ4n) is 0.883. The van der Waals surface area contributed by atoms with Gasteiger partial charge in [0, 0.05) is 6.54 Å². The fraction of sp³-hybridized carbons (Fsp3) is 0.500. The molecule has 0 unspecified atom stereocenters. The van der Waals surface area contributed by atoms with Crippen LogP contribution in [0.5, 0.6) is 0 Å². The molecule has 0 aromatic carbocycles. The molecular formula is C6H9N3O2S. The van der Waals surface area contributed by atoms with E-state index in [1.807, 2.05) is 13.2 Å². The van der Waals surface area contributed by atoms with E-state index in [1.54, 1.807) is 4.57 Å². The number of hydrogen-bond donors (Lipinski definition) is 1. The molecule has 0 aliphatic carbocycles. The molecule has 0 atom stereocenters. The minimum Gasteiger partial charge on any atom is -0.475 e. The Labute approximate surface area is 73.8 Å². The molecule has 0 bridgehead atoms. The van der Waals surface area contributed by atoms with Crippen molar-refractivity contribution in [2.45, 2.75) is 18.6 Å². The molecule has 1 rings (SSSR count). The van der Waals surface area contributed by atoms with Crippen LogP contribution >= 0.6 is 11.8 Å². The van der Waals surface area contributed by atoms with Crippen LogP contribution in [-0.4, -0.2) is 32.1 Å². The van der Waals surface area contributed by atoms with Crippen molar-refractivity contribution in [2.24, 2.45) is 0 Å². The van der Waals surface area contributed by atoms with Crippen LogP contribution in [0.25, 0.3) is 0 Å². The van der Waals surface area contributed by atoms with Gasteiger partial charge in [-0.05, 0) is 13.2 Å². The van der Waals surface area contributed by atoms with Crippen molar-refractivity contribution >= 4 is 17.7 Å². The van der Waals surface area contributed by atoms with Gasteiger partial charge in [0.05, 0.1) is 0 Å². The number of carbonyl (C=O) groups is 1. The lowest BCUT2D eigenvalue weighted by Gasteiger charge is -2.00. The van der Waals surface area contributed by atoms with Crippen LogP contribution in [0, 0.1) is 0 Å². The van der Waals surface area contributed by atoms with Crippen LogP contribution in [0.2, 0.25) is 0 Å². The van der Waals surface area contributed by atoms with Gasteiger partial charge in [-0.15, -0.1) is 10.2 Å². The highest BCUT2D eigenvalue weighted by Gasteiger charge is 2.15. The van der Waals surface area contributed by atoms with Crippen molar-refractivity contribution in [3.8, 4) is 0 Å². The Bertz CT molecular complexity index is 297. The van der Waals surface area contributed by atoms with Gasteiger partial charge in [0.25, 0.3) is 0 Å². The van der Waals surface area contributed by atoms with E-state index in [0.29, 0.717) is 11.7 Å². The Kier molecular flexibility index (Phi) is 2.69. The summed E-state index contributed by atoms with van der Waals surface area (Å²) in [5.74, 6) is -1.04. The van der Waals surface area contributed by atoms with Crippen molar-refractivity contribution in [2.75, 3.05) is 6.26 Å². The Morgan fingerprint density at radius 1 is 1.67 bits per heavy atom. The minimum atomic E-state index is -1.04. The molecule has 1 heterocycles. The third-order valence-electron chi connectivity index (χ3n) is 1.41. The van der Waals surface area contributed by atoms with Crippen LogP contribution in [0.3, 0.4) is 0 Å². The maximum Gasteiger partial charge on any atom is 0.374 e. The first-order valence-corrected chi connectivity index (χ1v) is 4.63. The molecule has 0 fully saturated rings. The summed E-state index contributed by atoms with van der Waals surface area (Å²) in [6.45, 7) is 2.43. The zero-order chi connectivity index (χ0) is 9.14. The van der Waals surface area contributed by atoms with Crippen LogP contribution in [0.1, 0.15) is 17.5 Å². The molecule has 0 aliphatic heterocycles. The number of carboxylic acid groups (broad SMARTS) is 1. The Hall–Kier alpha value is -1.04. The molecule has 0 amide bonds. The standard InChI is InChI=1S/C6H9N3O2S/c1-3-9-4(5(10)11)7-8-6(9)12-2/h3H2,1-2H3,(H,10,11). The lowest BCUT2D eigenvalue weighted by atomic mass is 10.6. The Balaban J connectivity index is 3.13. The number of aromatic nitrogens is 3. The quantitative estimate of drug-likeness (QED) is 0.706. The first-order chi connectivity index (χ1) is 5.70. The van der Waals surface area contributed by atoms with E-state index in [9.17, 15) is 4.79 Å². The first-order valence-electron chi connectivity index (χ1n) is 3.41. The number of thioether (sulfide) groups is 1. The summed E-state index contributed by atoms with van der Waals surface area (Å²) < 4.78 is 1.56. The molecule has 0 saturated carbocycles. The maximum atomic E-state index is 10.6. The minimum absolute atomic E-state index is 0.00171. The molecule has 0 aliphatic rings. The highest BCUT2D eigenvalue weighted by atomic mass is 32.2. The summed E-state index contributed by atoms with van der Waals surface area (Å²) in [6.07, 6.45) is 1.84. The predicted octanol–water partition coefficient (Wildman–Crippen LogP) is 0.718. The molecule has 1 N–H and O–H groups in total. The van der Waals surface area contributed by atoms with E-state index in [1.165, 1.54) is 11.8 Å². The summed E-state index contributed by atoms with van der Waals surface area (Å²) in [6, 6.07) is 0. The number of carboxylic acids is 1. The van der Waals surface area contributed by atoms with Gasteiger partial charge in [-0.1, -0.05) is 11.8 Å². The van der Waals surface area contributed by atoms with Crippen LogP contribution in [-0.2, 0) is 6.54 Å². The molecule has 0 saturated heterocycles. The van der Waals surface area contributed by atoms with Crippen molar-refractivity contribution < 1.29 is 9.90 Å². The van der Waals surface area contributed by atoms with Gasteiger partial charge in [0.1, 0.15) is 0 Å². The fourth-order valence-corrected chi connectivity index (χ4v) is 1.44. The van der Waals surface area contributed by atoms with Gasteiger partial charge < -0.3 is 5.11 Å². The first kappa shape index (κ1) is 9.05. The van der Waals surface area contributed by atoms with Crippen molar-refractivity contribution in [1.82, 2.24) is 14.8 Å². The second kappa shape index (κ2) is 3.57. The van der Waals surface area contributed by atoms with E-state index < -0.39 is 5.97 Å². The molecule has 1 aromatic rings. The molecule has 12 heavy (non-hydrogen) atoms. The third kappa shape index (κ3) is 1.42. The lowest BCUT2D eigenvalue weighted by molar-refractivity contribution is 0.0677. The summed E-state index contributed by atoms with van der Waals surface area (Å²) in [7, 11) is 0. The lowest BCUT2D eigenvalue weighted by Crippen LogP contribution is -2.09. The molecule has 1 aromatic heterocycles. The van der Waals surface area contributed by atoms with E-state index >= 15 is 0 Å². The Morgan fingerprint density at radius 2 is 2.33 bits per heavy atom. The normalized spacial score (nSPS) is 10.2. The van der Waals surface area contributed by atoms with Crippen molar-refractivity contribution in [3.63, 3.8) is 0 Å². The highest BCUT2D eigenvalue weighted by Crippen LogP contribution is 2.12. The van der Waals surface area contributed by atoms with E-state index in [2.05, 4.69) is 10.2 Å². The number of hydrogen-bond acceptors (Lipinski definition) is 4. The number of nitrogens with zero attached hydrogens (tertiary/aromatic N) is 3. The van der Waals surface area contributed by atoms with Crippen LogP contribution in [0.15, 0.2) is 5.16 Å². The number of aromatic carboxylic acids is 1. The van der Waals surface area contributed by atoms with Crippen molar-refractivity contribution in [1.29, 1.82) is 0 Å². The average Bonchev–Trinajstić information content (AvgIpc) is 2.46. The zero-order valence-electron chi connectivity index (χ0n) is 6.81. The van der Waals surface area contributed by atoms with E-state index in [-0.39, 0.29) is 5.82 Å². The van der Waals surface area contributed by atoms with Crippen LogP contribution in [0.4, 0.5) is 0 Å². The average molecular weight is 187 g/mol. The van der Waals surface area contributed by atoms with E-state index in [0.717, 1.165) is 0 Å². The summed E-state index contributed by atoms with van der Waals surface area (Å²) in [5.41, 5.74) is 0. The Morgan fingerprint density at radius 3 is 2.75 bits per heavy atom. The zero-order valence-corrected chi connectivity index (χ0v) is 7.63. The summed E-state index contributed by atoms with van der Waals surface area (Å²) >= 11 is 1.38. The SMILES string of the molecule is CCn1c(SC)nnc1C(=O)O. The summed E-state index contributed by atoms with van der Waals surface area (Å²) in [5, 5.41) is 16.6. The molecule has 6 heteroatoms. The molecule has 0 spiro atoms. The maximum absolute atomic E-state index is 10.6. The highest BCUT2D eigenvalue weighted by molar-refractivity contribution is 7.98. The molecule has 0 radical (unpaired) electrons. The molecular weight excluding hydrogens is 178 g/mol. The van der Waals surface area contributed by atoms with Gasteiger partial charge in [-0.3, -0.25) is 4.57 Å². The third-order valence-corrected chi connectivity index (χ3v) is 2.07. The predicted molar refractivity (Wildman–Crippen MR) is 44.4 cm³/mol.